The van der Waals surface area contributed by atoms with Crippen LogP contribution >= 0.6 is 0 Å². The molecule has 1 N–H and O–H groups in total. The summed E-state index contributed by atoms with van der Waals surface area (Å²) in [7, 11) is -1.00. The lowest BCUT2D eigenvalue weighted by Gasteiger charge is -2.13. The molecule has 0 aliphatic heterocycles. The lowest BCUT2D eigenvalue weighted by molar-refractivity contribution is 0.390. The largest absolute Gasteiger partial charge is 0.495 e. The van der Waals surface area contributed by atoms with Crippen molar-refractivity contribution in [2.45, 2.75) is 11.8 Å². The number of halogens is 1. The maximum absolute atomic E-state index is 13.6. The zero-order valence-electron chi connectivity index (χ0n) is 17.0. The lowest BCUT2D eigenvalue weighted by Crippen LogP contribution is -2.14. The summed E-state index contributed by atoms with van der Waals surface area (Å²) in [5.74, 6) is 0.291. The maximum Gasteiger partial charge on any atom is 0.262 e. The predicted octanol–water partition coefficient (Wildman–Crippen LogP) is 3.66. The van der Waals surface area contributed by atoms with Crippen molar-refractivity contribution in [2.75, 3.05) is 18.9 Å². The van der Waals surface area contributed by atoms with Crippen molar-refractivity contribution in [3.63, 3.8) is 0 Å². The Hall–Kier alpha value is -3.66. The van der Waals surface area contributed by atoms with E-state index in [0.717, 1.165) is 6.07 Å². The third kappa shape index (κ3) is 4.02. The van der Waals surface area contributed by atoms with Crippen molar-refractivity contribution in [2.24, 2.45) is 0 Å². The van der Waals surface area contributed by atoms with Gasteiger partial charge in [-0.25, -0.2) is 22.3 Å². The predicted molar refractivity (Wildman–Crippen MR) is 113 cm³/mol. The third-order valence-corrected chi connectivity index (χ3v) is 6.05. The number of aryl methyl sites for hydroxylation is 1. The molecule has 2 aromatic heterocycles. The van der Waals surface area contributed by atoms with Crippen LogP contribution in [-0.2, 0) is 10.0 Å². The number of ether oxygens (including phenoxy) is 2. The van der Waals surface area contributed by atoms with Gasteiger partial charge in [0.1, 0.15) is 11.6 Å². The number of fused-ring (bicyclic) bond motifs is 1. The van der Waals surface area contributed by atoms with Gasteiger partial charge in [-0.3, -0.25) is 4.72 Å². The van der Waals surface area contributed by atoms with E-state index in [9.17, 15) is 12.8 Å². The van der Waals surface area contributed by atoms with E-state index in [2.05, 4.69) is 14.8 Å². The minimum Gasteiger partial charge on any atom is -0.495 e. The van der Waals surface area contributed by atoms with E-state index in [4.69, 9.17) is 9.47 Å². The van der Waals surface area contributed by atoms with Crippen molar-refractivity contribution in [3.05, 3.63) is 66.1 Å². The van der Waals surface area contributed by atoms with Gasteiger partial charge in [0.05, 0.1) is 36.7 Å². The number of hydrogen-bond acceptors (Lipinski definition) is 6. The van der Waals surface area contributed by atoms with Crippen molar-refractivity contribution >= 4 is 21.4 Å². The number of methoxy groups -OCH3 is 2. The fraction of sp³-hybridized carbons (Fsp3) is 0.143. The molecule has 10 heteroatoms. The van der Waals surface area contributed by atoms with Crippen LogP contribution < -0.4 is 14.2 Å². The number of hydrogen-bond donors (Lipinski definition) is 1. The second-order valence-electron chi connectivity index (χ2n) is 6.74. The summed E-state index contributed by atoms with van der Waals surface area (Å²) in [6, 6.07) is 12.1. The quantitative estimate of drug-likeness (QED) is 0.490. The Kier molecular flexibility index (Phi) is 5.24. The standard InChI is InChI=1S/C21H19FN4O4S/c1-13-10-15(5-6-16(13)22)31(27,28)25-17-11-14(4-7-19(17)29-2)18-12-26-20(23-18)8-9-21(24-26)30-3/h4-12,25H,1-3H3. The summed E-state index contributed by atoms with van der Waals surface area (Å²) in [6.07, 6.45) is 1.71. The molecular formula is C21H19FN4O4S. The molecule has 0 bridgehead atoms. The SMILES string of the molecule is COc1ccc2nc(-c3ccc(OC)c(NS(=O)(=O)c4ccc(F)c(C)c4)c3)cn2n1. The van der Waals surface area contributed by atoms with E-state index in [-0.39, 0.29) is 16.1 Å². The highest BCUT2D eigenvalue weighted by Crippen LogP contribution is 2.32. The summed E-state index contributed by atoms with van der Waals surface area (Å²) in [5.41, 5.74) is 2.30. The molecule has 0 unspecified atom stereocenters. The molecule has 4 aromatic rings. The van der Waals surface area contributed by atoms with Crippen LogP contribution in [0.3, 0.4) is 0 Å². The van der Waals surface area contributed by atoms with Crippen LogP contribution in [0.5, 0.6) is 11.6 Å². The molecule has 0 amide bonds. The average molecular weight is 442 g/mol. The van der Waals surface area contributed by atoms with Crippen LogP contribution in [0.4, 0.5) is 10.1 Å². The maximum atomic E-state index is 13.6. The molecule has 0 aliphatic carbocycles. The molecule has 8 nitrogen and oxygen atoms in total. The minimum absolute atomic E-state index is 0.0529. The highest BCUT2D eigenvalue weighted by atomic mass is 32.2. The molecule has 160 valence electrons. The summed E-state index contributed by atoms with van der Waals surface area (Å²) in [5, 5.41) is 4.28. The highest BCUT2D eigenvalue weighted by Gasteiger charge is 2.19. The number of sulfonamides is 1. The van der Waals surface area contributed by atoms with E-state index < -0.39 is 15.8 Å². The molecule has 0 aliphatic rings. The van der Waals surface area contributed by atoms with E-state index in [1.54, 1.807) is 41.0 Å². The molecule has 0 radical (unpaired) electrons. The van der Waals surface area contributed by atoms with Gasteiger partial charge in [0, 0.05) is 11.6 Å². The Bertz CT molecular complexity index is 1390. The molecule has 0 atom stereocenters. The zero-order valence-corrected chi connectivity index (χ0v) is 17.8. The molecule has 2 aromatic carbocycles. The van der Waals surface area contributed by atoms with Gasteiger partial charge in [-0.05, 0) is 55.0 Å². The fourth-order valence-electron chi connectivity index (χ4n) is 3.05. The topological polar surface area (TPSA) is 94.8 Å². The Morgan fingerprint density at radius 3 is 2.55 bits per heavy atom. The number of nitrogens with zero attached hydrogens (tertiary/aromatic N) is 3. The fourth-order valence-corrected chi connectivity index (χ4v) is 4.19. The second kappa shape index (κ2) is 7.88. The van der Waals surface area contributed by atoms with Gasteiger partial charge in [0.15, 0.2) is 5.65 Å². The van der Waals surface area contributed by atoms with Crippen LogP contribution in [0.25, 0.3) is 16.9 Å². The van der Waals surface area contributed by atoms with Crippen molar-refractivity contribution in [1.29, 1.82) is 0 Å². The molecule has 0 saturated heterocycles. The summed E-state index contributed by atoms with van der Waals surface area (Å²) in [4.78, 5) is 4.46. The Labute approximate surface area is 178 Å². The summed E-state index contributed by atoms with van der Waals surface area (Å²) in [6.45, 7) is 1.50. The van der Waals surface area contributed by atoms with Crippen LogP contribution in [0.15, 0.2) is 59.6 Å². The molecular weight excluding hydrogens is 423 g/mol. The molecule has 0 fully saturated rings. The van der Waals surface area contributed by atoms with Gasteiger partial charge < -0.3 is 9.47 Å². The van der Waals surface area contributed by atoms with E-state index >= 15 is 0 Å². The van der Waals surface area contributed by atoms with Crippen LogP contribution in [0.1, 0.15) is 5.56 Å². The van der Waals surface area contributed by atoms with Crippen LogP contribution in [0.2, 0.25) is 0 Å². The number of nitrogens with one attached hydrogen (secondary N) is 1. The first-order valence-corrected chi connectivity index (χ1v) is 10.7. The molecule has 0 spiro atoms. The molecule has 0 saturated carbocycles. The van der Waals surface area contributed by atoms with Gasteiger partial charge >= 0.3 is 0 Å². The highest BCUT2D eigenvalue weighted by molar-refractivity contribution is 7.92. The van der Waals surface area contributed by atoms with Crippen molar-refractivity contribution in [3.8, 4) is 22.9 Å². The zero-order chi connectivity index (χ0) is 22.2. The van der Waals surface area contributed by atoms with Crippen LogP contribution in [0, 0.1) is 12.7 Å². The first kappa shape index (κ1) is 20.6. The molecule has 31 heavy (non-hydrogen) atoms. The second-order valence-corrected chi connectivity index (χ2v) is 8.42. The normalized spacial score (nSPS) is 11.5. The smallest absolute Gasteiger partial charge is 0.262 e. The monoisotopic (exact) mass is 442 g/mol. The number of anilines is 1. The van der Waals surface area contributed by atoms with Crippen molar-refractivity contribution < 1.29 is 22.3 Å². The van der Waals surface area contributed by atoms with E-state index in [1.807, 2.05) is 0 Å². The summed E-state index contributed by atoms with van der Waals surface area (Å²) < 4.78 is 53.8. The van der Waals surface area contributed by atoms with Crippen molar-refractivity contribution in [1.82, 2.24) is 14.6 Å². The Balaban J connectivity index is 1.73. The average Bonchev–Trinajstić information content (AvgIpc) is 3.18. The first-order chi connectivity index (χ1) is 14.8. The third-order valence-electron chi connectivity index (χ3n) is 4.68. The number of aromatic nitrogens is 3. The summed E-state index contributed by atoms with van der Waals surface area (Å²) >= 11 is 0. The lowest BCUT2D eigenvalue weighted by atomic mass is 10.1. The molecule has 2 heterocycles. The molecule has 4 rings (SSSR count). The van der Waals surface area contributed by atoms with E-state index in [0.29, 0.717) is 28.5 Å². The minimum atomic E-state index is -3.97. The van der Waals surface area contributed by atoms with Gasteiger partial charge in [-0.2, -0.15) is 0 Å². The van der Waals surface area contributed by atoms with Gasteiger partial charge in [0.25, 0.3) is 10.0 Å². The Morgan fingerprint density at radius 2 is 1.84 bits per heavy atom. The number of benzene rings is 2. The van der Waals surface area contributed by atoms with Gasteiger partial charge in [-0.1, -0.05) is 0 Å². The number of imidazole rings is 1. The van der Waals surface area contributed by atoms with Gasteiger partial charge in [0.2, 0.25) is 5.88 Å². The van der Waals surface area contributed by atoms with E-state index in [1.165, 1.54) is 33.3 Å². The first-order valence-electron chi connectivity index (χ1n) is 9.18. The van der Waals surface area contributed by atoms with Gasteiger partial charge in [-0.15, -0.1) is 5.10 Å². The van der Waals surface area contributed by atoms with Crippen LogP contribution in [-0.4, -0.2) is 37.2 Å². The Morgan fingerprint density at radius 1 is 1.03 bits per heavy atom. The number of rotatable bonds is 6.